The summed E-state index contributed by atoms with van der Waals surface area (Å²) in [5, 5.41) is 3.37. The lowest BCUT2D eigenvalue weighted by atomic mass is 9.76. The van der Waals surface area contributed by atoms with Crippen LogP contribution in [0.25, 0.3) is 0 Å². The van der Waals surface area contributed by atoms with Crippen molar-refractivity contribution in [2.75, 3.05) is 32.1 Å². The van der Waals surface area contributed by atoms with E-state index in [9.17, 15) is 14.4 Å². The number of esters is 1. The van der Waals surface area contributed by atoms with Gasteiger partial charge in [-0.15, -0.1) is 0 Å². The van der Waals surface area contributed by atoms with Crippen LogP contribution >= 0.6 is 0 Å². The van der Waals surface area contributed by atoms with Gasteiger partial charge >= 0.3 is 12.1 Å². The SMILES string of the molecule is COC(=O)[C@H]1C[C@@H](C(=O)C(C)(C)CNc2ccccc2C)CN(C(=O)OC(C)(C)C)C1. The molecule has 172 valence electrons. The number of carbonyl (C=O) groups excluding carboxylic acids is 3. The number of ketones is 1. The molecule has 7 heteroatoms. The van der Waals surface area contributed by atoms with Gasteiger partial charge in [-0.25, -0.2) is 4.79 Å². The van der Waals surface area contributed by atoms with E-state index in [1.807, 2.05) is 45.0 Å². The van der Waals surface area contributed by atoms with Crippen LogP contribution in [0, 0.1) is 24.2 Å². The number of amides is 1. The quantitative estimate of drug-likeness (QED) is 0.683. The Morgan fingerprint density at radius 2 is 1.68 bits per heavy atom. The number of ether oxygens (including phenoxy) is 2. The molecule has 7 nitrogen and oxygen atoms in total. The second-order valence-corrected chi connectivity index (χ2v) is 9.95. The summed E-state index contributed by atoms with van der Waals surface area (Å²) in [5.74, 6) is -1.43. The van der Waals surface area contributed by atoms with E-state index in [0.717, 1.165) is 11.3 Å². The Morgan fingerprint density at radius 1 is 1.06 bits per heavy atom. The maximum absolute atomic E-state index is 13.5. The summed E-state index contributed by atoms with van der Waals surface area (Å²) < 4.78 is 10.4. The number of anilines is 1. The van der Waals surface area contributed by atoms with Crippen LogP contribution in [0.3, 0.4) is 0 Å². The Balaban J connectivity index is 2.16. The fourth-order valence-corrected chi connectivity index (χ4v) is 3.83. The summed E-state index contributed by atoms with van der Waals surface area (Å²) >= 11 is 0. The number of rotatable bonds is 6. The van der Waals surface area contributed by atoms with Gasteiger partial charge in [0.1, 0.15) is 11.4 Å². The first-order valence-electron chi connectivity index (χ1n) is 10.7. The van der Waals surface area contributed by atoms with E-state index in [1.54, 1.807) is 20.8 Å². The molecule has 1 aromatic carbocycles. The van der Waals surface area contributed by atoms with Gasteiger partial charge in [0.15, 0.2) is 0 Å². The van der Waals surface area contributed by atoms with Gasteiger partial charge in [0, 0.05) is 36.7 Å². The van der Waals surface area contributed by atoms with Crippen LogP contribution in [0.1, 0.15) is 46.6 Å². The fourth-order valence-electron chi connectivity index (χ4n) is 3.83. The molecule has 0 radical (unpaired) electrons. The molecule has 1 aromatic rings. The third-order valence-electron chi connectivity index (χ3n) is 5.54. The summed E-state index contributed by atoms with van der Waals surface area (Å²) in [6.45, 7) is 12.0. The first-order chi connectivity index (χ1) is 14.3. The largest absolute Gasteiger partial charge is 0.469 e. The molecule has 0 bridgehead atoms. The van der Waals surface area contributed by atoms with Crippen molar-refractivity contribution >= 4 is 23.5 Å². The molecule has 2 rings (SSSR count). The van der Waals surface area contributed by atoms with Gasteiger partial charge in [-0.05, 0) is 45.7 Å². The van der Waals surface area contributed by atoms with Gasteiger partial charge < -0.3 is 19.7 Å². The van der Waals surface area contributed by atoms with Crippen molar-refractivity contribution in [2.45, 2.75) is 53.6 Å². The Kier molecular flexibility index (Phi) is 7.73. The fraction of sp³-hybridized carbons (Fsp3) is 0.625. The number of benzene rings is 1. The van der Waals surface area contributed by atoms with E-state index in [-0.39, 0.29) is 18.9 Å². The minimum atomic E-state index is -0.690. The van der Waals surface area contributed by atoms with Crippen LogP contribution in [0.4, 0.5) is 10.5 Å². The molecule has 1 heterocycles. The number of methoxy groups -OCH3 is 1. The highest BCUT2D eigenvalue weighted by atomic mass is 16.6. The summed E-state index contributed by atoms with van der Waals surface area (Å²) in [6.07, 6.45) is -0.159. The van der Waals surface area contributed by atoms with Crippen molar-refractivity contribution < 1.29 is 23.9 Å². The number of nitrogens with one attached hydrogen (secondary N) is 1. The van der Waals surface area contributed by atoms with Gasteiger partial charge in [-0.1, -0.05) is 32.0 Å². The Morgan fingerprint density at radius 3 is 2.26 bits per heavy atom. The summed E-state index contributed by atoms with van der Waals surface area (Å²) in [5.41, 5.74) is 0.732. The third kappa shape index (κ3) is 6.71. The average Bonchev–Trinajstić information content (AvgIpc) is 2.70. The maximum atomic E-state index is 13.5. The Hall–Kier alpha value is -2.57. The normalized spacial score (nSPS) is 19.5. The second kappa shape index (κ2) is 9.71. The van der Waals surface area contributed by atoms with Crippen LogP contribution in [0.2, 0.25) is 0 Å². The number of hydrogen-bond donors (Lipinski definition) is 1. The highest BCUT2D eigenvalue weighted by Gasteiger charge is 2.42. The molecule has 0 spiro atoms. The Labute approximate surface area is 185 Å². The van der Waals surface area contributed by atoms with Crippen LogP contribution < -0.4 is 5.32 Å². The lowest BCUT2D eigenvalue weighted by Crippen LogP contribution is -2.52. The predicted molar refractivity (Wildman–Crippen MR) is 120 cm³/mol. The molecule has 1 saturated heterocycles. The van der Waals surface area contributed by atoms with Crippen molar-refractivity contribution in [2.24, 2.45) is 17.3 Å². The van der Waals surface area contributed by atoms with E-state index in [1.165, 1.54) is 12.0 Å². The van der Waals surface area contributed by atoms with Gasteiger partial charge in [0.25, 0.3) is 0 Å². The number of likely N-dealkylation sites (tertiary alicyclic amines) is 1. The molecular formula is C24H36N2O5. The second-order valence-electron chi connectivity index (χ2n) is 9.95. The lowest BCUT2D eigenvalue weighted by molar-refractivity contribution is -0.149. The zero-order valence-corrected chi connectivity index (χ0v) is 19.8. The molecule has 0 saturated carbocycles. The zero-order valence-electron chi connectivity index (χ0n) is 19.8. The molecule has 1 amide bonds. The molecule has 1 fully saturated rings. The molecule has 31 heavy (non-hydrogen) atoms. The number of Topliss-reactive ketones (excluding diaryl/α,β-unsaturated/α-hetero) is 1. The van der Waals surface area contributed by atoms with Gasteiger partial charge in [0.2, 0.25) is 0 Å². The first-order valence-corrected chi connectivity index (χ1v) is 10.7. The molecule has 1 aliphatic rings. The number of nitrogens with zero attached hydrogens (tertiary/aromatic N) is 1. The summed E-state index contributed by atoms with van der Waals surface area (Å²) in [4.78, 5) is 39.9. The number of aryl methyl sites for hydroxylation is 1. The van der Waals surface area contributed by atoms with Crippen molar-refractivity contribution in [1.82, 2.24) is 4.90 Å². The standard InChI is InChI=1S/C24H36N2O5/c1-16-10-8-9-11-19(16)25-15-24(5,6)20(27)17-12-18(21(28)30-7)14-26(13-17)22(29)31-23(2,3)4/h8-11,17-18,25H,12-15H2,1-7H3/t17-,18+/m1/s1. The van der Waals surface area contributed by atoms with E-state index < -0.39 is 34.9 Å². The number of carbonyl (C=O) groups is 3. The molecule has 1 N–H and O–H groups in total. The highest BCUT2D eigenvalue weighted by Crippen LogP contribution is 2.32. The van der Waals surface area contributed by atoms with E-state index in [4.69, 9.17) is 9.47 Å². The van der Waals surface area contributed by atoms with Gasteiger partial charge in [-0.3, -0.25) is 9.59 Å². The first kappa shape index (κ1) is 24.7. The van der Waals surface area contributed by atoms with Crippen LogP contribution in [-0.2, 0) is 19.1 Å². The third-order valence-corrected chi connectivity index (χ3v) is 5.54. The monoisotopic (exact) mass is 432 g/mol. The van der Waals surface area contributed by atoms with Gasteiger partial charge in [-0.2, -0.15) is 0 Å². The van der Waals surface area contributed by atoms with Crippen LogP contribution in [0.15, 0.2) is 24.3 Å². The highest BCUT2D eigenvalue weighted by molar-refractivity contribution is 5.88. The zero-order chi connectivity index (χ0) is 23.4. The van der Waals surface area contributed by atoms with Crippen molar-refractivity contribution in [3.8, 4) is 0 Å². The minimum absolute atomic E-state index is 0.00995. The molecule has 2 atom stereocenters. The predicted octanol–water partition coefficient (Wildman–Crippen LogP) is 4.05. The minimum Gasteiger partial charge on any atom is -0.469 e. The van der Waals surface area contributed by atoms with Gasteiger partial charge in [0.05, 0.1) is 13.0 Å². The van der Waals surface area contributed by atoms with E-state index in [2.05, 4.69) is 5.32 Å². The summed E-state index contributed by atoms with van der Waals surface area (Å²) in [6, 6.07) is 7.91. The lowest BCUT2D eigenvalue weighted by Gasteiger charge is -2.39. The van der Waals surface area contributed by atoms with E-state index in [0.29, 0.717) is 13.0 Å². The topological polar surface area (TPSA) is 84.9 Å². The molecular weight excluding hydrogens is 396 g/mol. The molecule has 1 aliphatic heterocycles. The molecule has 0 unspecified atom stereocenters. The smallest absolute Gasteiger partial charge is 0.410 e. The molecule has 0 aliphatic carbocycles. The number of para-hydroxylation sites is 1. The van der Waals surface area contributed by atoms with Crippen molar-refractivity contribution in [1.29, 1.82) is 0 Å². The molecule has 0 aromatic heterocycles. The van der Waals surface area contributed by atoms with Crippen molar-refractivity contribution in [3.63, 3.8) is 0 Å². The summed E-state index contributed by atoms with van der Waals surface area (Å²) in [7, 11) is 1.32. The van der Waals surface area contributed by atoms with Crippen molar-refractivity contribution in [3.05, 3.63) is 29.8 Å². The number of hydrogen-bond acceptors (Lipinski definition) is 6. The average molecular weight is 433 g/mol. The van der Waals surface area contributed by atoms with Crippen LogP contribution in [0.5, 0.6) is 0 Å². The number of piperidine rings is 1. The maximum Gasteiger partial charge on any atom is 0.410 e. The van der Waals surface area contributed by atoms with E-state index >= 15 is 0 Å². The Bertz CT molecular complexity index is 812. The van der Waals surface area contributed by atoms with Crippen LogP contribution in [-0.4, -0.2) is 55.1 Å².